The number of anilines is 1. The first-order valence-corrected chi connectivity index (χ1v) is 16.9. The van der Waals surface area contributed by atoms with E-state index in [1.54, 1.807) is 28.9 Å². The molecule has 1 fully saturated rings. The average molecular weight is 596 g/mol. The van der Waals surface area contributed by atoms with Crippen molar-refractivity contribution in [2.45, 2.75) is 90.4 Å². The van der Waals surface area contributed by atoms with Crippen LogP contribution in [0.4, 0.5) is 5.69 Å². The lowest BCUT2D eigenvalue weighted by molar-refractivity contribution is -0.137. The summed E-state index contributed by atoms with van der Waals surface area (Å²) in [7, 11) is -1.73. The van der Waals surface area contributed by atoms with Gasteiger partial charge in [0.2, 0.25) is 15.9 Å². The third kappa shape index (κ3) is 9.85. The number of likely N-dealkylation sites (N-methyl/N-ethyl adjacent to an activating group) is 1. The van der Waals surface area contributed by atoms with E-state index in [2.05, 4.69) is 4.72 Å². The molecule has 0 spiro atoms. The zero-order chi connectivity index (χ0) is 30.2. The molecule has 0 saturated heterocycles. The molecule has 1 saturated carbocycles. The molecule has 232 valence electrons. The van der Waals surface area contributed by atoms with Gasteiger partial charge in [0, 0.05) is 44.3 Å². The van der Waals surface area contributed by atoms with E-state index in [1.165, 1.54) is 12.5 Å². The van der Waals surface area contributed by atoms with Crippen LogP contribution >= 0.6 is 0 Å². The van der Waals surface area contributed by atoms with Gasteiger partial charge in [-0.1, -0.05) is 26.2 Å². The number of carbonyl (C=O) groups is 2. The minimum atomic E-state index is -3.56. The van der Waals surface area contributed by atoms with E-state index >= 15 is 0 Å². The van der Waals surface area contributed by atoms with E-state index in [1.807, 2.05) is 20.9 Å². The lowest BCUT2D eigenvalue weighted by Gasteiger charge is -2.36. The van der Waals surface area contributed by atoms with Gasteiger partial charge in [0.15, 0.2) is 0 Å². The fourth-order valence-electron chi connectivity index (χ4n) is 5.68. The Morgan fingerprint density at radius 3 is 2.49 bits per heavy atom. The SMILES string of the molecule is C[C@H]1CCCCO[C@@H](CN(C)C(=O)C2CCCCC2)[C@@H](C)CN([C@@H](C)CO)C(=O)c2cc(NS(C)(=O)=O)ccc2O1. The van der Waals surface area contributed by atoms with Crippen molar-refractivity contribution in [2.75, 3.05) is 44.3 Å². The molecular formula is C30H49N3O7S. The van der Waals surface area contributed by atoms with Crippen LogP contribution in [0, 0.1) is 11.8 Å². The molecule has 2 N–H and O–H groups in total. The smallest absolute Gasteiger partial charge is 0.258 e. The second kappa shape index (κ2) is 15.2. The summed E-state index contributed by atoms with van der Waals surface area (Å²) in [5.41, 5.74) is 0.475. The molecule has 1 aromatic rings. The van der Waals surface area contributed by atoms with E-state index in [-0.39, 0.29) is 60.3 Å². The normalized spacial score (nSPS) is 24.5. The van der Waals surface area contributed by atoms with E-state index in [4.69, 9.17) is 9.47 Å². The number of nitrogens with zero attached hydrogens (tertiary/aromatic N) is 2. The summed E-state index contributed by atoms with van der Waals surface area (Å²) in [5.74, 6) is 0.0514. The molecule has 1 aromatic carbocycles. The molecule has 2 amide bonds. The van der Waals surface area contributed by atoms with Gasteiger partial charge in [0.05, 0.1) is 36.7 Å². The first-order valence-electron chi connectivity index (χ1n) is 15.0. The number of nitrogens with one attached hydrogen (secondary N) is 1. The summed E-state index contributed by atoms with van der Waals surface area (Å²) >= 11 is 0. The van der Waals surface area contributed by atoms with Crippen molar-refractivity contribution < 1.29 is 32.6 Å². The molecule has 0 aromatic heterocycles. The molecule has 4 atom stereocenters. The molecule has 0 unspecified atom stereocenters. The Labute approximate surface area is 245 Å². The summed E-state index contributed by atoms with van der Waals surface area (Å²) in [6.07, 6.45) is 8.21. The quantitative estimate of drug-likeness (QED) is 0.490. The van der Waals surface area contributed by atoms with E-state index in [0.29, 0.717) is 18.9 Å². The molecule has 3 rings (SSSR count). The number of aliphatic hydroxyl groups is 1. The van der Waals surface area contributed by atoms with Gasteiger partial charge >= 0.3 is 0 Å². The van der Waals surface area contributed by atoms with Crippen molar-refractivity contribution in [3.63, 3.8) is 0 Å². The van der Waals surface area contributed by atoms with Crippen LogP contribution in [0.5, 0.6) is 5.75 Å². The lowest BCUT2D eigenvalue weighted by atomic mass is 9.88. The molecule has 0 radical (unpaired) electrons. The minimum absolute atomic E-state index is 0.0581. The monoisotopic (exact) mass is 595 g/mol. The first-order chi connectivity index (χ1) is 19.4. The van der Waals surface area contributed by atoms with E-state index < -0.39 is 16.1 Å². The van der Waals surface area contributed by atoms with Crippen molar-refractivity contribution in [1.29, 1.82) is 0 Å². The Balaban J connectivity index is 1.92. The van der Waals surface area contributed by atoms with Gasteiger partial charge in [-0.2, -0.15) is 0 Å². The number of benzene rings is 1. The van der Waals surface area contributed by atoms with Gasteiger partial charge in [0.1, 0.15) is 5.75 Å². The van der Waals surface area contributed by atoms with Gasteiger partial charge < -0.3 is 24.4 Å². The number of sulfonamides is 1. The Hall–Kier alpha value is -2.37. The second-order valence-electron chi connectivity index (χ2n) is 11.9. The molecule has 0 bridgehead atoms. The molecular weight excluding hydrogens is 546 g/mol. The average Bonchev–Trinajstić information content (AvgIpc) is 2.93. The fourth-order valence-corrected chi connectivity index (χ4v) is 6.24. The Bertz CT molecular complexity index is 1120. The number of aliphatic hydroxyl groups excluding tert-OH is 1. The molecule has 1 aliphatic carbocycles. The van der Waals surface area contributed by atoms with Crippen molar-refractivity contribution in [2.24, 2.45) is 11.8 Å². The molecule has 10 nitrogen and oxygen atoms in total. The number of hydrogen-bond acceptors (Lipinski definition) is 7. The van der Waals surface area contributed by atoms with Crippen molar-refractivity contribution >= 4 is 27.5 Å². The Morgan fingerprint density at radius 1 is 1.15 bits per heavy atom. The Kier molecular flexibility index (Phi) is 12.3. The molecule has 11 heteroatoms. The van der Waals surface area contributed by atoms with Gasteiger partial charge in [-0.15, -0.1) is 0 Å². The molecule has 41 heavy (non-hydrogen) atoms. The summed E-state index contributed by atoms with van der Waals surface area (Å²) in [4.78, 5) is 30.7. The Morgan fingerprint density at radius 2 is 1.83 bits per heavy atom. The van der Waals surface area contributed by atoms with Crippen LogP contribution in [0.1, 0.15) is 82.5 Å². The molecule has 1 aliphatic heterocycles. The summed E-state index contributed by atoms with van der Waals surface area (Å²) in [6.45, 7) is 6.69. The first kappa shape index (κ1) is 33.1. The summed E-state index contributed by atoms with van der Waals surface area (Å²) in [5, 5.41) is 10.1. The second-order valence-corrected chi connectivity index (χ2v) is 13.7. The van der Waals surface area contributed by atoms with E-state index in [0.717, 1.165) is 51.2 Å². The summed E-state index contributed by atoms with van der Waals surface area (Å²) < 4.78 is 38.8. The van der Waals surface area contributed by atoms with Crippen LogP contribution in [0.15, 0.2) is 18.2 Å². The maximum atomic E-state index is 14.1. The summed E-state index contributed by atoms with van der Waals surface area (Å²) in [6, 6.07) is 4.17. The number of amides is 2. The van der Waals surface area contributed by atoms with Crippen molar-refractivity contribution in [1.82, 2.24) is 9.80 Å². The highest BCUT2D eigenvalue weighted by molar-refractivity contribution is 7.92. The van der Waals surface area contributed by atoms with Crippen LogP contribution in [0.2, 0.25) is 0 Å². The maximum Gasteiger partial charge on any atom is 0.258 e. The van der Waals surface area contributed by atoms with Crippen LogP contribution in [0.25, 0.3) is 0 Å². The predicted octanol–water partition coefficient (Wildman–Crippen LogP) is 3.89. The van der Waals surface area contributed by atoms with Crippen molar-refractivity contribution in [3.05, 3.63) is 23.8 Å². The number of hydrogen-bond donors (Lipinski definition) is 2. The van der Waals surface area contributed by atoms with Gasteiger partial charge in [-0.3, -0.25) is 14.3 Å². The highest BCUT2D eigenvalue weighted by Gasteiger charge is 2.32. The van der Waals surface area contributed by atoms with Gasteiger partial charge in [0.25, 0.3) is 5.91 Å². The maximum absolute atomic E-state index is 14.1. The lowest BCUT2D eigenvalue weighted by Crippen LogP contribution is -2.48. The van der Waals surface area contributed by atoms with Crippen LogP contribution in [0.3, 0.4) is 0 Å². The number of rotatable bonds is 7. The molecule has 2 aliphatic rings. The van der Waals surface area contributed by atoms with Crippen LogP contribution in [-0.4, -0.2) is 93.0 Å². The van der Waals surface area contributed by atoms with Gasteiger partial charge in [-0.25, -0.2) is 8.42 Å². The highest BCUT2D eigenvalue weighted by atomic mass is 32.2. The largest absolute Gasteiger partial charge is 0.490 e. The van der Waals surface area contributed by atoms with Crippen LogP contribution in [-0.2, 0) is 19.6 Å². The number of fused-ring (bicyclic) bond motifs is 1. The zero-order valence-electron chi connectivity index (χ0n) is 25.3. The molecule has 1 heterocycles. The number of carbonyl (C=O) groups excluding carboxylic acids is 2. The zero-order valence-corrected chi connectivity index (χ0v) is 26.1. The minimum Gasteiger partial charge on any atom is -0.490 e. The third-order valence-corrected chi connectivity index (χ3v) is 8.75. The standard InChI is InChI=1S/C30H49N3O7S/c1-21-18-33(22(2)20-34)30(36)26-17-25(31-41(5,37)38)14-15-27(26)40-23(3)11-9-10-16-39-28(21)19-32(4)29(35)24-12-7-6-8-13-24/h14-15,17,21-24,28,31,34H,6-13,16,18-20H2,1-5H3/t21-,22-,23-,28-/m0/s1. The number of ether oxygens (including phenoxy) is 2. The fraction of sp³-hybridized carbons (Fsp3) is 0.733. The van der Waals surface area contributed by atoms with Gasteiger partial charge in [-0.05, 0) is 64.2 Å². The topological polar surface area (TPSA) is 125 Å². The van der Waals surface area contributed by atoms with E-state index in [9.17, 15) is 23.1 Å². The third-order valence-electron chi connectivity index (χ3n) is 8.14. The van der Waals surface area contributed by atoms with Crippen molar-refractivity contribution in [3.8, 4) is 5.75 Å². The highest BCUT2D eigenvalue weighted by Crippen LogP contribution is 2.29. The van der Waals surface area contributed by atoms with Crippen LogP contribution < -0.4 is 9.46 Å². The predicted molar refractivity (Wildman–Crippen MR) is 160 cm³/mol.